The first-order valence-electron chi connectivity index (χ1n) is 3.37. The van der Waals surface area contributed by atoms with Crippen LogP contribution in [0.25, 0.3) is 0 Å². The van der Waals surface area contributed by atoms with Crippen molar-refractivity contribution in [2.45, 2.75) is 13.3 Å². The summed E-state index contributed by atoms with van der Waals surface area (Å²) in [6, 6.07) is 0. The van der Waals surface area contributed by atoms with Gasteiger partial charge in [-0.1, -0.05) is 42.5 Å². The van der Waals surface area contributed by atoms with E-state index in [2.05, 4.69) is 13.2 Å². The molecule has 0 N–H and O–H groups in total. The fourth-order valence-corrected chi connectivity index (χ4v) is 0.473. The van der Waals surface area contributed by atoms with Gasteiger partial charge in [0.05, 0.1) is 0 Å². The number of allylic oxidation sites excluding steroid dienone is 6. The first kappa shape index (κ1) is 8.96. The molecule has 0 saturated carbocycles. The van der Waals surface area contributed by atoms with Gasteiger partial charge in [0.15, 0.2) is 0 Å². The van der Waals surface area contributed by atoms with Crippen LogP contribution in [-0.2, 0) is 0 Å². The number of hydrogen-bond acceptors (Lipinski definition) is 0. The Labute approximate surface area is 63.3 Å². The van der Waals surface area contributed by atoms with Crippen molar-refractivity contribution in [2.75, 3.05) is 0 Å². The second kappa shape index (κ2) is 6.09. The maximum absolute atomic E-state index is 3.73. The molecule has 0 aromatic heterocycles. The van der Waals surface area contributed by atoms with Crippen LogP contribution in [-0.4, -0.2) is 0 Å². The van der Waals surface area contributed by atoms with Gasteiger partial charge in [-0.15, -0.1) is 6.58 Å². The van der Waals surface area contributed by atoms with Crippen LogP contribution in [0.5, 0.6) is 0 Å². The van der Waals surface area contributed by atoms with E-state index in [-0.39, 0.29) is 0 Å². The van der Waals surface area contributed by atoms with E-state index in [0.717, 1.165) is 12.0 Å². The highest BCUT2D eigenvalue weighted by Crippen LogP contribution is 1.90. The Balaban J connectivity index is 3.51. The van der Waals surface area contributed by atoms with E-state index in [1.165, 1.54) is 0 Å². The SMILES string of the molecule is C=CC/C=C\C=C/C(=C)C. The van der Waals surface area contributed by atoms with Crippen LogP contribution in [0.1, 0.15) is 13.3 Å². The van der Waals surface area contributed by atoms with E-state index in [1.54, 1.807) is 0 Å². The lowest BCUT2D eigenvalue weighted by atomic mass is 10.3. The molecule has 0 amide bonds. The molecule has 0 aliphatic heterocycles. The van der Waals surface area contributed by atoms with Crippen LogP contribution >= 0.6 is 0 Å². The summed E-state index contributed by atoms with van der Waals surface area (Å²) in [5, 5.41) is 0. The minimum Gasteiger partial charge on any atom is -0.103 e. The van der Waals surface area contributed by atoms with E-state index >= 15 is 0 Å². The topological polar surface area (TPSA) is 0 Å². The fourth-order valence-electron chi connectivity index (χ4n) is 0.473. The molecule has 0 bridgehead atoms. The first-order chi connectivity index (χ1) is 4.77. The zero-order valence-corrected chi connectivity index (χ0v) is 6.51. The van der Waals surface area contributed by atoms with Gasteiger partial charge in [-0.3, -0.25) is 0 Å². The summed E-state index contributed by atoms with van der Waals surface area (Å²) in [7, 11) is 0. The lowest BCUT2D eigenvalue weighted by Crippen LogP contribution is -1.59. The highest BCUT2D eigenvalue weighted by molar-refractivity contribution is 5.16. The van der Waals surface area contributed by atoms with Crippen molar-refractivity contribution in [3.05, 3.63) is 49.1 Å². The summed E-state index contributed by atoms with van der Waals surface area (Å²) < 4.78 is 0. The summed E-state index contributed by atoms with van der Waals surface area (Å²) >= 11 is 0. The lowest BCUT2D eigenvalue weighted by molar-refractivity contribution is 1.41. The molecule has 0 fully saturated rings. The normalized spacial score (nSPS) is 10.9. The van der Waals surface area contributed by atoms with Crippen molar-refractivity contribution in [3.63, 3.8) is 0 Å². The molecule has 0 heterocycles. The zero-order valence-electron chi connectivity index (χ0n) is 6.51. The van der Waals surface area contributed by atoms with E-state index < -0.39 is 0 Å². The van der Waals surface area contributed by atoms with E-state index in [9.17, 15) is 0 Å². The summed E-state index contributed by atoms with van der Waals surface area (Å²) in [6.07, 6.45) is 10.8. The van der Waals surface area contributed by atoms with Gasteiger partial charge in [0.1, 0.15) is 0 Å². The van der Waals surface area contributed by atoms with Gasteiger partial charge in [0.2, 0.25) is 0 Å². The third-order valence-electron chi connectivity index (χ3n) is 0.931. The molecule has 0 atom stereocenters. The predicted octanol–water partition coefficient (Wildman–Crippen LogP) is 3.25. The van der Waals surface area contributed by atoms with Gasteiger partial charge in [0.25, 0.3) is 0 Å². The molecule has 0 aromatic carbocycles. The minimum atomic E-state index is 0.931. The highest BCUT2D eigenvalue weighted by Gasteiger charge is 1.69. The Morgan fingerprint density at radius 2 is 2.10 bits per heavy atom. The Hall–Kier alpha value is -1.04. The van der Waals surface area contributed by atoms with Gasteiger partial charge in [-0.25, -0.2) is 0 Å². The summed E-state index contributed by atoms with van der Waals surface area (Å²) in [5.74, 6) is 0. The smallest absolute Gasteiger partial charge is 0.0169 e. The van der Waals surface area contributed by atoms with Crippen molar-refractivity contribution in [2.24, 2.45) is 0 Å². The van der Waals surface area contributed by atoms with E-state index in [0.29, 0.717) is 0 Å². The molecule has 0 unspecified atom stereocenters. The van der Waals surface area contributed by atoms with Gasteiger partial charge < -0.3 is 0 Å². The summed E-state index contributed by atoms with van der Waals surface area (Å²) in [6.45, 7) is 9.30. The zero-order chi connectivity index (χ0) is 7.82. The average Bonchev–Trinajstić information content (AvgIpc) is 1.87. The van der Waals surface area contributed by atoms with Gasteiger partial charge in [-0.2, -0.15) is 0 Å². The van der Waals surface area contributed by atoms with Gasteiger partial charge in [-0.05, 0) is 13.3 Å². The van der Waals surface area contributed by atoms with Gasteiger partial charge >= 0.3 is 0 Å². The summed E-state index contributed by atoms with van der Waals surface area (Å²) in [5.41, 5.74) is 1.07. The minimum absolute atomic E-state index is 0.931. The maximum Gasteiger partial charge on any atom is -0.0169 e. The van der Waals surface area contributed by atoms with Crippen LogP contribution < -0.4 is 0 Å². The monoisotopic (exact) mass is 134 g/mol. The van der Waals surface area contributed by atoms with E-state index in [1.807, 2.05) is 37.3 Å². The third-order valence-corrected chi connectivity index (χ3v) is 0.931. The molecule has 0 aliphatic rings. The Bertz CT molecular complexity index is 159. The highest BCUT2D eigenvalue weighted by atomic mass is 13.8. The molecule has 54 valence electrons. The third kappa shape index (κ3) is 6.96. The molecule has 0 radical (unpaired) electrons. The van der Waals surface area contributed by atoms with Crippen LogP contribution in [0.3, 0.4) is 0 Å². The second-order valence-corrected chi connectivity index (χ2v) is 2.16. The number of rotatable bonds is 4. The first-order valence-corrected chi connectivity index (χ1v) is 3.37. The molecule has 0 rings (SSSR count). The predicted molar refractivity (Wildman–Crippen MR) is 47.9 cm³/mol. The van der Waals surface area contributed by atoms with Crippen molar-refractivity contribution in [3.8, 4) is 0 Å². The number of hydrogen-bond donors (Lipinski definition) is 0. The largest absolute Gasteiger partial charge is 0.103 e. The quantitative estimate of drug-likeness (QED) is 0.409. The summed E-state index contributed by atoms with van der Waals surface area (Å²) in [4.78, 5) is 0. The van der Waals surface area contributed by atoms with Gasteiger partial charge in [0, 0.05) is 0 Å². The van der Waals surface area contributed by atoms with E-state index in [4.69, 9.17) is 0 Å². The van der Waals surface area contributed by atoms with Crippen molar-refractivity contribution in [1.29, 1.82) is 0 Å². The Kier molecular flexibility index (Phi) is 5.45. The standard InChI is InChI=1S/C10H14/c1-4-5-6-7-8-9-10(2)3/h4,6-9H,1-2,5H2,3H3/b7-6-,9-8-. The fraction of sp³-hybridized carbons (Fsp3) is 0.200. The van der Waals surface area contributed by atoms with Crippen molar-refractivity contribution < 1.29 is 0 Å². The Morgan fingerprint density at radius 3 is 2.60 bits per heavy atom. The maximum atomic E-state index is 3.73. The molecule has 0 spiro atoms. The van der Waals surface area contributed by atoms with Crippen molar-refractivity contribution in [1.82, 2.24) is 0 Å². The van der Waals surface area contributed by atoms with Crippen molar-refractivity contribution >= 4 is 0 Å². The second-order valence-electron chi connectivity index (χ2n) is 2.16. The molecule has 10 heavy (non-hydrogen) atoms. The molecule has 0 nitrogen and oxygen atoms in total. The average molecular weight is 134 g/mol. The molecule has 0 heteroatoms. The Morgan fingerprint density at radius 1 is 1.40 bits per heavy atom. The molecular formula is C10H14. The van der Waals surface area contributed by atoms with Crippen LogP contribution in [0.4, 0.5) is 0 Å². The van der Waals surface area contributed by atoms with Crippen LogP contribution in [0.15, 0.2) is 49.1 Å². The molecule has 0 aliphatic carbocycles. The molecule has 0 aromatic rings. The van der Waals surface area contributed by atoms with Crippen LogP contribution in [0, 0.1) is 0 Å². The molecular weight excluding hydrogens is 120 g/mol. The lowest BCUT2D eigenvalue weighted by Gasteiger charge is -1.80. The molecule has 0 saturated heterocycles. The van der Waals surface area contributed by atoms with Crippen LogP contribution in [0.2, 0.25) is 0 Å².